The molecule has 13 N–H and O–H groups in total. The lowest BCUT2D eigenvalue weighted by molar-refractivity contribution is -0.397. The summed E-state index contributed by atoms with van der Waals surface area (Å²) in [5.74, 6) is 0. The van der Waals surface area contributed by atoms with Crippen molar-refractivity contribution >= 4 is 0 Å². The van der Waals surface area contributed by atoms with E-state index in [2.05, 4.69) is 0 Å². The summed E-state index contributed by atoms with van der Waals surface area (Å²) in [6, 6.07) is 0. The Labute approximate surface area is 290 Å². The van der Waals surface area contributed by atoms with E-state index in [9.17, 15) is 66.4 Å². The fraction of sp³-hybridized carbons (Fsp3) is 1.00. The Hall–Kier alpha value is -0.880. The zero-order valence-corrected chi connectivity index (χ0v) is 27.8. The predicted molar refractivity (Wildman–Crippen MR) is 156 cm³/mol. The molecule has 0 aromatic carbocycles. The Morgan fingerprint density at radius 1 is 0.431 bits per heavy atom. The molecule has 51 heavy (non-hydrogen) atoms. The second-order valence-corrected chi connectivity index (χ2v) is 13.5. The molecule has 5 aliphatic heterocycles. The summed E-state index contributed by atoms with van der Waals surface area (Å²) in [5, 5.41) is 136. The molecule has 0 bridgehead atoms. The van der Waals surface area contributed by atoms with E-state index in [4.69, 9.17) is 42.6 Å². The van der Waals surface area contributed by atoms with Gasteiger partial charge in [0.25, 0.3) is 0 Å². The van der Waals surface area contributed by atoms with Gasteiger partial charge >= 0.3 is 0 Å². The Morgan fingerprint density at radius 2 is 0.922 bits per heavy atom. The standard InChI is InChI=1S/C29H50O22/c1-6-11(31)16(36)19(39)26(45-6)50-23-15(35)10(5-43-28(23)49-22-13(33)8(3)44-25(42)21(22)41)48-29-24(18(38)14(34)9(4-30)47-29)51-27-20(40)17(37)12(32)7(2)46-27/h6-42H,4-5H2,1-3H3/t6-,7-,8-,9-,10-,11-,12+,13-,14-,15+,16+,17+,18+,19-,20-,21-,22+,23-,24-,25-,26+,27+,28+,29+/m1/s1. The van der Waals surface area contributed by atoms with Crippen molar-refractivity contribution in [3.05, 3.63) is 0 Å². The Balaban J connectivity index is 1.39. The molecule has 22 nitrogen and oxygen atoms in total. The van der Waals surface area contributed by atoms with Crippen molar-refractivity contribution in [3.63, 3.8) is 0 Å². The summed E-state index contributed by atoms with van der Waals surface area (Å²) in [5.41, 5.74) is 0. The van der Waals surface area contributed by atoms with Crippen LogP contribution < -0.4 is 0 Å². The molecule has 22 heteroatoms. The molecule has 0 spiro atoms. The number of aliphatic hydroxyl groups excluding tert-OH is 13. The molecule has 0 aromatic heterocycles. The van der Waals surface area contributed by atoms with Gasteiger partial charge in [-0.05, 0) is 20.8 Å². The van der Waals surface area contributed by atoms with E-state index in [1.807, 2.05) is 0 Å². The van der Waals surface area contributed by atoms with Crippen molar-refractivity contribution < 1.29 is 109 Å². The van der Waals surface area contributed by atoms with Gasteiger partial charge in [-0.15, -0.1) is 0 Å². The van der Waals surface area contributed by atoms with Gasteiger partial charge in [-0.25, -0.2) is 0 Å². The highest BCUT2D eigenvalue weighted by atomic mass is 16.8. The lowest BCUT2D eigenvalue weighted by Crippen LogP contribution is -2.67. The van der Waals surface area contributed by atoms with Gasteiger partial charge in [-0.3, -0.25) is 0 Å². The van der Waals surface area contributed by atoms with Crippen LogP contribution in [-0.2, 0) is 42.6 Å². The molecule has 0 aliphatic carbocycles. The molecule has 24 atom stereocenters. The van der Waals surface area contributed by atoms with E-state index in [0.717, 1.165) is 0 Å². The highest BCUT2D eigenvalue weighted by Gasteiger charge is 2.55. The third-order valence-electron chi connectivity index (χ3n) is 9.83. The zero-order chi connectivity index (χ0) is 37.6. The largest absolute Gasteiger partial charge is 0.394 e. The average Bonchev–Trinajstić information content (AvgIpc) is 3.10. The normalized spacial score (nSPS) is 55.8. The third-order valence-corrected chi connectivity index (χ3v) is 9.83. The summed E-state index contributed by atoms with van der Waals surface area (Å²) < 4.78 is 50.7. The molecule has 0 aromatic rings. The van der Waals surface area contributed by atoms with Crippen LogP contribution in [0.5, 0.6) is 0 Å². The zero-order valence-electron chi connectivity index (χ0n) is 27.8. The highest BCUT2D eigenvalue weighted by molar-refractivity contribution is 4.97. The maximum atomic E-state index is 11.6. The van der Waals surface area contributed by atoms with Crippen molar-refractivity contribution in [1.82, 2.24) is 0 Å². The Kier molecular flexibility index (Phi) is 13.7. The first-order valence-corrected chi connectivity index (χ1v) is 16.6. The van der Waals surface area contributed by atoms with E-state index < -0.39 is 161 Å². The molecule has 0 radical (unpaired) electrons. The molecule has 5 saturated heterocycles. The molecule has 0 unspecified atom stereocenters. The van der Waals surface area contributed by atoms with Crippen LogP contribution in [-0.4, -0.2) is 227 Å². The number of rotatable bonds is 9. The molecule has 5 fully saturated rings. The van der Waals surface area contributed by atoms with Crippen LogP contribution in [0.15, 0.2) is 0 Å². The van der Waals surface area contributed by atoms with E-state index in [0.29, 0.717) is 0 Å². The van der Waals surface area contributed by atoms with Crippen molar-refractivity contribution in [1.29, 1.82) is 0 Å². The summed E-state index contributed by atoms with van der Waals surface area (Å²) in [7, 11) is 0. The van der Waals surface area contributed by atoms with Crippen LogP contribution in [0.4, 0.5) is 0 Å². The summed E-state index contributed by atoms with van der Waals surface area (Å²) in [6.45, 7) is 2.70. The fourth-order valence-corrected chi connectivity index (χ4v) is 6.51. The fourth-order valence-electron chi connectivity index (χ4n) is 6.51. The molecule has 5 rings (SSSR count). The molecule has 5 aliphatic rings. The molecule has 5 heterocycles. The predicted octanol–water partition coefficient (Wildman–Crippen LogP) is -8.20. The van der Waals surface area contributed by atoms with E-state index >= 15 is 0 Å². The third kappa shape index (κ3) is 8.37. The molecule has 0 saturated carbocycles. The van der Waals surface area contributed by atoms with Gasteiger partial charge in [-0.2, -0.15) is 0 Å². The Morgan fingerprint density at radius 3 is 1.45 bits per heavy atom. The van der Waals surface area contributed by atoms with Gasteiger partial charge in [-0.1, -0.05) is 0 Å². The molecular formula is C29H50O22. The first kappa shape index (κ1) is 41.3. The van der Waals surface area contributed by atoms with Gasteiger partial charge in [0.1, 0.15) is 97.7 Å². The second-order valence-electron chi connectivity index (χ2n) is 13.5. The van der Waals surface area contributed by atoms with Gasteiger partial charge in [0.2, 0.25) is 0 Å². The van der Waals surface area contributed by atoms with E-state index in [1.165, 1.54) is 20.8 Å². The van der Waals surface area contributed by atoms with Crippen molar-refractivity contribution in [2.45, 2.75) is 168 Å². The van der Waals surface area contributed by atoms with E-state index in [-0.39, 0.29) is 0 Å². The lowest BCUT2D eigenvalue weighted by atomic mass is 9.97. The minimum absolute atomic E-state index is 0.593. The topological polar surface area (TPSA) is 346 Å². The first-order valence-electron chi connectivity index (χ1n) is 16.6. The highest BCUT2D eigenvalue weighted by Crippen LogP contribution is 2.35. The molecule has 0 amide bonds. The van der Waals surface area contributed by atoms with Gasteiger partial charge < -0.3 is 109 Å². The lowest BCUT2D eigenvalue weighted by Gasteiger charge is -2.49. The minimum atomic E-state index is -1.90. The second kappa shape index (κ2) is 16.9. The summed E-state index contributed by atoms with van der Waals surface area (Å²) in [4.78, 5) is 0. The van der Waals surface area contributed by atoms with Crippen LogP contribution in [0, 0.1) is 0 Å². The molecule has 298 valence electrons. The number of hydrogen-bond donors (Lipinski definition) is 13. The maximum absolute atomic E-state index is 11.6. The first-order chi connectivity index (χ1) is 24.0. The minimum Gasteiger partial charge on any atom is -0.394 e. The van der Waals surface area contributed by atoms with E-state index in [1.54, 1.807) is 0 Å². The monoisotopic (exact) mass is 750 g/mol. The number of ether oxygens (including phenoxy) is 9. The van der Waals surface area contributed by atoms with Crippen molar-refractivity contribution in [2.24, 2.45) is 0 Å². The average molecular weight is 751 g/mol. The van der Waals surface area contributed by atoms with Crippen molar-refractivity contribution in [2.75, 3.05) is 13.2 Å². The van der Waals surface area contributed by atoms with Gasteiger partial charge in [0.15, 0.2) is 31.5 Å². The van der Waals surface area contributed by atoms with Crippen molar-refractivity contribution in [3.8, 4) is 0 Å². The molecular weight excluding hydrogens is 700 g/mol. The van der Waals surface area contributed by atoms with Crippen LogP contribution >= 0.6 is 0 Å². The number of hydrogen-bond acceptors (Lipinski definition) is 22. The number of aliphatic hydroxyl groups is 13. The maximum Gasteiger partial charge on any atom is 0.187 e. The van der Waals surface area contributed by atoms with Crippen LogP contribution in [0.1, 0.15) is 20.8 Å². The van der Waals surface area contributed by atoms with Crippen LogP contribution in [0.3, 0.4) is 0 Å². The van der Waals surface area contributed by atoms with Gasteiger partial charge in [0, 0.05) is 0 Å². The van der Waals surface area contributed by atoms with Crippen LogP contribution in [0.2, 0.25) is 0 Å². The Bertz CT molecular complexity index is 1090. The summed E-state index contributed by atoms with van der Waals surface area (Å²) in [6.07, 6.45) is -39.3. The summed E-state index contributed by atoms with van der Waals surface area (Å²) >= 11 is 0. The van der Waals surface area contributed by atoms with Gasteiger partial charge in [0.05, 0.1) is 31.5 Å². The SMILES string of the molecule is C[C@H]1O[C@@H](O[C@H]2[C@H](O[C@@H]3CO[C@@H](O[C@@H]4[C@@H](O)[C@H](O)O[C@H](C)[C@H]4O)[C@H](O[C@@H]4O[C@H](C)[C@@H](O)[C@H](O)[C@H]4O)[C@H]3O)O[C@H](CO)[C@@H](O)[C@@H]2O)[C@H](O)[C@@H](O)[C@H]1O. The van der Waals surface area contributed by atoms with Crippen LogP contribution in [0.25, 0.3) is 0 Å². The smallest absolute Gasteiger partial charge is 0.187 e. The quantitative estimate of drug-likeness (QED) is 0.104.